The Morgan fingerprint density at radius 3 is 2.71 bits per heavy atom. The third-order valence-corrected chi connectivity index (χ3v) is 5.69. The first-order valence-corrected chi connectivity index (χ1v) is 10.1. The molecule has 0 fully saturated rings. The van der Waals surface area contributed by atoms with Crippen LogP contribution in [0.4, 0.5) is 0 Å². The monoisotopic (exact) mass is 360 g/mol. The fourth-order valence-corrected chi connectivity index (χ4v) is 3.91. The van der Waals surface area contributed by atoms with Crippen LogP contribution in [0, 0.1) is 0 Å². The van der Waals surface area contributed by atoms with Crippen molar-refractivity contribution >= 4 is 37.3 Å². The first kappa shape index (κ1) is 16.6. The number of nitrogens with one attached hydrogen (secondary N) is 1. The van der Waals surface area contributed by atoms with Crippen LogP contribution in [0.15, 0.2) is 53.4 Å². The fourth-order valence-electron chi connectivity index (χ4n) is 2.28. The molecule has 0 saturated carbocycles. The highest BCUT2D eigenvalue weighted by Gasteiger charge is 2.11. The summed E-state index contributed by atoms with van der Waals surface area (Å²) in [6, 6.07) is 13.9. The van der Waals surface area contributed by atoms with Crippen molar-refractivity contribution in [1.82, 2.24) is 10.3 Å². The summed E-state index contributed by atoms with van der Waals surface area (Å²) in [6.45, 7) is 0.446. The summed E-state index contributed by atoms with van der Waals surface area (Å²) in [5, 5.41) is 3.76. The average molecular weight is 360 g/mol. The van der Waals surface area contributed by atoms with E-state index in [-0.39, 0.29) is 10.8 Å². The second kappa shape index (κ2) is 6.70. The van der Waals surface area contributed by atoms with E-state index < -0.39 is 9.84 Å². The van der Waals surface area contributed by atoms with Crippen LogP contribution in [0.5, 0.6) is 0 Å². The number of hydrogen-bond donors (Lipinski definition) is 1. The Labute approximate surface area is 144 Å². The van der Waals surface area contributed by atoms with Crippen LogP contribution < -0.4 is 5.32 Å². The van der Waals surface area contributed by atoms with Crippen molar-refractivity contribution in [2.24, 2.45) is 0 Å². The Bertz CT molecular complexity index is 961. The van der Waals surface area contributed by atoms with Gasteiger partial charge in [0.1, 0.15) is 0 Å². The molecule has 5 nitrogen and oxygen atoms in total. The van der Waals surface area contributed by atoms with Gasteiger partial charge in [-0.05, 0) is 30.3 Å². The zero-order chi connectivity index (χ0) is 17.2. The first-order valence-electron chi connectivity index (χ1n) is 7.36. The van der Waals surface area contributed by atoms with Crippen LogP contribution in [-0.4, -0.2) is 32.1 Å². The maximum Gasteiger partial charge on any atom is 0.251 e. The lowest BCUT2D eigenvalue weighted by atomic mass is 10.2. The summed E-state index contributed by atoms with van der Waals surface area (Å²) < 4.78 is 24.2. The maximum absolute atomic E-state index is 12.2. The van der Waals surface area contributed by atoms with Gasteiger partial charge in [0, 0.05) is 24.8 Å². The van der Waals surface area contributed by atoms with E-state index in [1.807, 2.05) is 24.3 Å². The molecule has 1 heterocycles. The van der Waals surface area contributed by atoms with Gasteiger partial charge in [0.25, 0.3) is 5.91 Å². The van der Waals surface area contributed by atoms with E-state index in [0.29, 0.717) is 18.5 Å². The summed E-state index contributed by atoms with van der Waals surface area (Å²) in [4.78, 5) is 16.8. The van der Waals surface area contributed by atoms with E-state index in [1.165, 1.54) is 12.1 Å². The largest absolute Gasteiger partial charge is 0.352 e. The van der Waals surface area contributed by atoms with Crippen LogP contribution in [0.2, 0.25) is 0 Å². The number of carbonyl (C=O) groups is 1. The molecule has 0 bridgehead atoms. The molecule has 0 aliphatic carbocycles. The summed E-state index contributed by atoms with van der Waals surface area (Å²) in [6.07, 6.45) is 1.76. The molecule has 0 aliphatic heterocycles. The van der Waals surface area contributed by atoms with E-state index in [2.05, 4.69) is 10.3 Å². The van der Waals surface area contributed by atoms with Gasteiger partial charge in [0.15, 0.2) is 9.84 Å². The van der Waals surface area contributed by atoms with Gasteiger partial charge in [-0.3, -0.25) is 4.79 Å². The highest BCUT2D eigenvalue weighted by molar-refractivity contribution is 7.90. The number of hydrogen-bond acceptors (Lipinski definition) is 5. The van der Waals surface area contributed by atoms with E-state index in [9.17, 15) is 13.2 Å². The minimum atomic E-state index is -3.33. The molecule has 0 radical (unpaired) electrons. The standard InChI is InChI=1S/C17H16N2O3S2/c1-24(21,22)13-6-4-5-12(11-13)17(20)18-10-9-16-19-14-7-2-3-8-15(14)23-16/h2-8,11H,9-10H2,1H3,(H,18,20). The Morgan fingerprint density at radius 2 is 1.96 bits per heavy atom. The van der Waals surface area contributed by atoms with Crippen molar-refractivity contribution in [2.75, 3.05) is 12.8 Å². The highest BCUT2D eigenvalue weighted by Crippen LogP contribution is 2.21. The van der Waals surface area contributed by atoms with Gasteiger partial charge in [0.05, 0.1) is 20.1 Å². The van der Waals surface area contributed by atoms with Gasteiger partial charge in [-0.2, -0.15) is 0 Å². The smallest absolute Gasteiger partial charge is 0.251 e. The molecular formula is C17H16N2O3S2. The normalized spacial score (nSPS) is 11.5. The number of aromatic nitrogens is 1. The van der Waals surface area contributed by atoms with E-state index >= 15 is 0 Å². The second-order valence-corrected chi connectivity index (χ2v) is 8.51. The molecule has 0 unspecified atom stereocenters. The Balaban J connectivity index is 1.63. The number of rotatable bonds is 5. The molecule has 1 aromatic heterocycles. The highest BCUT2D eigenvalue weighted by atomic mass is 32.2. The topological polar surface area (TPSA) is 76.1 Å². The molecule has 124 valence electrons. The second-order valence-electron chi connectivity index (χ2n) is 5.38. The van der Waals surface area contributed by atoms with Crippen LogP contribution in [0.3, 0.4) is 0 Å². The van der Waals surface area contributed by atoms with Crippen LogP contribution in [0.25, 0.3) is 10.2 Å². The van der Waals surface area contributed by atoms with Crippen LogP contribution in [-0.2, 0) is 16.3 Å². The summed E-state index contributed by atoms with van der Waals surface area (Å²) in [5.41, 5.74) is 1.30. The van der Waals surface area contributed by atoms with Crippen molar-refractivity contribution in [3.63, 3.8) is 0 Å². The lowest BCUT2D eigenvalue weighted by Gasteiger charge is -2.05. The zero-order valence-corrected chi connectivity index (χ0v) is 14.7. The number of sulfone groups is 1. The van der Waals surface area contributed by atoms with Crippen molar-refractivity contribution in [3.05, 3.63) is 59.1 Å². The molecule has 0 atom stereocenters. The SMILES string of the molecule is CS(=O)(=O)c1cccc(C(=O)NCCc2nc3ccccc3s2)c1. The Morgan fingerprint density at radius 1 is 1.17 bits per heavy atom. The van der Waals surface area contributed by atoms with E-state index in [1.54, 1.807) is 23.5 Å². The molecule has 0 spiro atoms. The fraction of sp³-hybridized carbons (Fsp3) is 0.176. The third kappa shape index (κ3) is 3.80. The predicted octanol–water partition coefficient (Wildman–Crippen LogP) is 2.67. The molecule has 1 amide bonds. The Hall–Kier alpha value is -2.25. The lowest BCUT2D eigenvalue weighted by Crippen LogP contribution is -2.25. The third-order valence-electron chi connectivity index (χ3n) is 3.49. The number of benzene rings is 2. The quantitative estimate of drug-likeness (QED) is 0.759. The summed E-state index contributed by atoms with van der Waals surface area (Å²) in [7, 11) is -3.33. The zero-order valence-electron chi connectivity index (χ0n) is 13.0. The number of fused-ring (bicyclic) bond motifs is 1. The van der Waals surface area contributed by atoms with Crippen molar-refractivity contribution < 1.29 is 13.2 Å². The van der Waals surface area contributed by atoms with Crippen molar-refractivity contribution in [1.29, 1.82) is 0 Å². The molecule has 24 heavy (non-hydrogen) atoms. The van der Waals surface area contributed by atoms with Crippen molar-refractivity contribution in [3.8, 4) is 0 Å². The summed E-state index contributed by atoms with van der Waals surface area (Å²) in [5.74, 6) is -0.290. The number of thiazole rings is 1. The number of carbonyl (C=O) groups excluding carboxylic acids is 1. The summed E-state index contributed by atoms with van der Waals surface area (Å²) >= 11 is 1.61. The molecule has 3 aromatic rings. The molecule has 3 rings (SSSR count). The van der Waals surface area contributed by atoms with Gasteiger partial charge in [-0.15, -0.1) is 11.3 Å². The lowest BCUT2D eigenvalue weighted by molar-refractivity contribution is 0.0954. The minimum absolute atomic E-state index is 0.140. The molecule has 0 saturated heterocycles. The first-order chi connectivity index (χ1) is 11.4. The molecular weight excluding hydrogens is 344 g/mol. The van der Waals surface area contributed by atoms with Gasteiger partial charge in [-0.1, -0.05) is 18.2 Å². The molecule has 2 aromatic carbocycles. The molecule has 1 N–H and O–H groups in total. The minimum Gasteiger partial charge on any atom is -0.352 e. The van der Waals surface area contributed by atoms with E-state index in [4.69, 9.17) is 0 Å². The van der Waals surface area contributed by atoms with Crippen molar-refractivity contribution in [2.45, 2.75) is 11.3 Å². The van der Waals surface area contributed by atoms with Gasteiger partial charge < -0.3 is 5.32 Å². The molecule has 0 aliphatic rings. The number of amides is 1. The number of nitrogens with zero attached hydrogens (tertiary/aromatic N) is 1. The number of para-hydroxylation sites is 1. The molecule has 7 heteroatoms. The van der Waals surface area contributed by atoms with Gasteiger partial charge in [-0.25, -0.2) is 13.4 Å². The van der Waals surface area contributed by atoms with E-state index in [0.717, 1.165) is 21.5 Å². The average Bonchev–Trinajstić information content (AvgIpc) is 2.97. The van der Waals surface area contributed by atoms with Crippen LogP contribution >= 0.6 is 11.3 Å². The predicted molar refractivity (Wildman–Crippen MR) is 95.2 cm³/mol. The van der Waals surface area contributed by atoms with Crippen LogP contribution in [0.1, 0.15) is 15.4 Å². The van der Waals surface area contributed by atoms with Gasteiger partial charge in [0.2, 0.25) is 0 Å². The van der Waals surface area contributed by atoms with Gasteiger partial charge >= 0.3 is 0 Å². The Kier molecular flexibility index (Phi) is 4.64. The maximum atomic E-state index is 12.2.